The van der Waals surface area contributed by atoms with Crippen LogP contribution in [0.2, 0.25) is 0 Å². The number of hydrogen-bond acceptors (Lipinski definition) is 4. The van der Waals surface area contributed by atoms with Crippen molar-refractivity contribution in [2.45, 2.75) is 33.0 Å². The number of halogens is 1. The fourth-order valence-corrected chi connectivity index (χ4v) is 2.27. The van der Waals surface area contributed by atoms with Crippen LogP contribution in [0.1, 0.15) is 25.0 Å². The lowest BCUT2D eigenvalue weighted by Gasteiger charge is -2.15. The van der Waals surface area contributed by atoms with Crippen LogP contribution >= 0.6 is 12.4 Å². The summed E-state index contributed by atoms with van der Waals surface area (Å²) in [5.74, 6) is -0.534. The Hall–Kier alpha value is -2.38. The van der Waals surface area contributed by atoms with Crippen molar-refractivity contribution in [1.29, 1.82) is 0 Å². The number of nitrogens with zero attached hydrogens (tertiary/aromatic N) is 2. The molecule has 1 aromatic carbocycles. The van der Waals surface area contributed by atoms with Gasteiger partial charge in [-0.25, -0.2) is 0 Å². The van der Waals surface area contributed by atoms with Gasteiger partial charge in [-0.2, -0.15) is 5.10 Å². The van der Waals surface area contributed by atoms with Gasteiger partial charge < -0.3 is 16.4 Å². The third kappa shape index (κ3) is 6.85. The molecule has 0 aliphatic carbocycles. The zero-order valence-corrected chi connectivity index (χ0v) is 15.8. The van der Waals surface area contributed by atoms with Crippen LogP contribution in [0.25, 0.3) is 0 Å². The van der Waals surface area contributed by atoms with Crippen LogP contribution in [0.15, 0.2) is 42.7 Å². The van der Waals surface area contributed by atoms with Crippen LogP contribution in [0.5, 0.6) is 0 Å². The van der Waals surface area contributed by atoms with Crippen molar-refractivity contribution in [2.24, 2.45) is 11.7 Å². The smallest absolute Gasteiger partial charge is 0.239 e. The van der Waals surface area contributed by atoms with E-state index in [1.807, 2.05) is 55.1 Å². The fourth-order valence-electron chi connectivity index (χ4n) is 2.27. The van der Waals surface area contributed by atoms with Gasteiger partial charge in [-0.15, -0.1) is 12.4 Å². The van der Waals surface area contributed by atoms with E-state index in [0.29, 0.717) is 13.1 Å². The summed E-state index contributed by atoms with van der Waals surface area (Å²) in [6.45, 7) is 4.73. The Morgan fingerprint density at radius 3 is 2.58 bits per heavy atom. The van der Waals surface area contributed by atoms with Crippen molar-refractivity contribution in [1.82, 2.24) is 20.4 Å². The van der Waals surface area contributed by atoms with E-state index in [9.17, 15) is 9.59 Å². The maximum Gasteiger partial charge on any atom is 0.239 e. The Kier molecular flexibility index (Phi) is 8.81. The second-order valence-electron chi connectivity index (χ2n) is 6.29. The number of carbonyl (C=O) groups excluding carboxylic acids is 2. The van der Waals surface area contributed by atoms with Gasteiger partial charge in [0.1, 0.15) is 0 Å². The van der Waals surface area contributed by atoms with E-state index in [1.165, 1.54) is 0 Å². The minimum atomic E-state index is -0.605. The van der Waals surface area contributed by atoms with Crippen molar-refractivity contribution in [3.63, 3.8) is 0 Å². The summed E-state index contributed by atoms with van der Waals surface area (Å²) in [7, 11) is 0. The number of aromatic nitrogens is 2. The molecule has 0 unspecified atom stereocenters. The molecule has 8 heteroatoms. The van der Waals surface area contributed by atoms with E-state index in [1.54, 1.807) is 6.20 Å². The first-order valence-electron chi connectivity index (χ1n) is 8.31. The first-order valence-corrected chi connectivity index (χ1v) is 8.31. The molecule has 0 aliphatic rings. The number of benzene rings is 1. The molecule has 0 fully saturated rings. The maximum atomic E-state index is 11.9. The first kappa shape index (κ1) is 21.7. The zero-order chi connectivity index (χ0) is 18.2. The van der Waals surface area contributed by atoms with Gasteiger partial charge in [0.05, 0.1) is 19.1 Å². The maximum absolute atomic E-state index is 11.9. The topological polar surface area (TPSA) is 102 Å². The van der Waals surface area contributed by atoms with Crippen LogP contribution in [0.3, 0.4) is 0 Å². The molecule has 0 spiro atoms. The normalized spacial score (nSPS) is 11.5. The fraction of sp³-hybridized carbons (Fsp3) is 0.389. The molecule has 0 bridgehead atoms. The van der Waals surface area contributed by atoms with Crippen LogP contribution in [0, 0.1) is 5.92 Å². The number of amides is 2. The monoisotopic (exact) mass is 379 g/mol. The van der Waals surface area contributed by atoms with Gasteiger partial charge in [-0.1, -0.05) is 38.1 Å². The third-order valence-corrected chi connectivity index (χ3v) is 3.83. The zero-order valence-electron chi connectivity index (χ0n) is 15.0. The second-order valence-corrected chi connectivity index (χ2v) is 6.29. The van der Waals surface area contributed by atoms with Crippen LogP contribution < -0.4 is 16.4 Å². The highest BCUT2D eigenvalue weighted by molar-refractivity contribution is 5.87. The van der Waals surface area contributed by atoms with Crippen molar-refractivity contribution in [3.05, 3.63) is 53.9 Å². The molecule has 2 aromatic rings. The molecule has 2 amide bonds. The third-order valence-electron chi connectivity index (χ3n) is 3.83. The highest BCUT2D eigenvalue weighted by Gasteiger charge is 2.17. The average molecular weight is 380 g/mol. The standard InChI is InChI=1S/C18H25N5O2.ClH/c1-13(2)17(19)18(25)21-11-16(24)20-10-14-5-3-6-15(9-14)12-23-8-4-7-22-23;/h3-9,13,17H,10-12,19H2,1-2H3,(H,20,24)(H,21,25);1H/t17-;/m0./s1. The highest BCUT2D eigenvalue weighted by atomic mass is 35.5. The highest BCUT2D eigenvalue weighted by Crippen LogP contribution is 2.07. The van der Waals surface area contributed by atoms with Gasteiger partial charge >= 0.3 is 0 Å². The quantitative estimate of drug-likeness (QED) is 0.638. The number of hydrogen-bond donors (Lipinski definition) is 3. The molecular weight excluding hydrogens is 354 g/mol. The van der Waals surface area contributed by atoms with Crippen molar-refractivity contribution < 1.29 is 9.59 Å². The molecule has 0 radical (unpaired) electrons. The molecule has 0 aliphatic heterocycles. The minimum absolute atomic E-state index is 0. The Balaban J connectivity index is 0.00000338. The number of rotatable bonds is 8. The van der Waals surface area contributed by atoms with Gasteiger partial charge in [-0.05, 0) is 23.1 Å². The molecule has 0 saturated carbocycles. The van der Waals surface area contributed by atoms with E-state index in [-0.39, 0.29) is 36.7 Å². The summed E-state index contributed by atoms with van der Waals surface area (Å²) >= 11 is 0. The molecule has 1 aromatic heterocycles. The summed E-state index contributed by atoms with van der Waals surface area (Å²) < 4.78 is 1.84. The van der Waals surface area contributed by atoms with Crippen molar-refractivity contribution >= 4 is 24.2 Å². The SMILES string of the molecule is CC(C)[C@H](N)C(=O)NCC(=O)NCc1cccc(Cn2cccn2)c1.Cl. The van der Waals surface area contributed by atoms with Crippen molar-refractivity contribution in [3.8, 4) is 0 Å². The van der Waals surface area contributed by atoms with Crippen LogP contribution in [-0.4, -0.2) is 34.2 Å². The summed E-state index contributed by atoms with van der Waals surface area (Å²) in [5, 5.41) is 9.52. The van der Waals surface area contributed by atoms with E-state index in [2.05, 4.69) is 15.7 Å². The van der Waals surface area contributed by atoms with Gasteiger partial charge in [0.2, 0.25) is 11.8 Å². The summed E-state index contributed by atoms with van der Waals surface area (Å²) in [6.07, 6.45) is 3.64. The molecule has 1 heterocycles. The molecule has 0 saturated heterocycles. The number of carbonyl (C=O) groups is 2. The lowest BCUT2D eigenvalue weighted by molar-refractivity contribution is -0.127. The Labute approximate surface area is 159 Å². The Morgan fingerprint density at radius 1 is 1.19 bits per heavy atom. The van der Waals surface area contributed by atoms with Gasteiger partial charge in [-0.3, -0.25) is 14.3 Å². The number of nitrogens with one attached hydrogen (secondary N) is 2. The van der Waals surface area contributed by atoms with E-state index >= 15 is 0 Å². The molecule has 2 rings (SSSR count). The van der Waals surface area contributed by atoms with Crippen molar-refractivity contribution in [2.75, 3.05) is 6.54 Å². The van der Waals surface area contributed by atoms with Crippen LogP contribution in [-0.2, 0) is 22.7 Å². The predicted octanol–water partition coefficient (Wildman–Crippen LogP) is 1.07. The summed E-state index contributed by atoms with van der Waals surface area (Å²) in [5.41, 5.74) is 7.82. The first-order chi connectivity index (χ1) is 12.0. The molecule has 4 N–H and O–H groups in total. The Bertz CT molecular complexity index is 703. The molecule has 142 valence electrons. The minimum Gasteiger partial charge on any atom is -0.350 e. The summed E-state index contributed by atoms with van der Waals surface area (Å²) in [6, 6.07) is 9.20. The average Bonchev–Trinajstić information content (AvgIpc) is 3.10. The van der Waals surface area contributed by atoms with Gasteiger partial charge in [0.15, 0.2) is 0 Å². The molecule has 26 heavy (non-hydrogen) atoms. The Morgan fingerprint density at radius 2 is 1.92 bits per heavy atom. The van der Waals surface area contributed by atoms with Gasteiger partial charge in [0, 0.05) is 18.9 Å². The van der Waals surface area contributed by atoms with Gasteiger partial charge in [0.25, 0.3) is 0 Å². The lowest BCUT2D eigenvalue weighted by atomic mass is 10.1. The van der Waals surface area contributed by atoms with E-state index in [0.717, 1.165) is 11.1 Å². The van der Waals surface area contributed by atoms with Crippen LogP contribution in [0.4, 0.5) is 0 Å². The van der Waals surface area contributed by atoms with E-state index in [4.69, 9.17) is 5.73 Å². The number of nitrogens with two attached hydrogens (primary N) is 1. The second kappa shape index (κ2) is 10.6. The predicted molar refractivity (Wildman–Crippen MR) is 103 cm³/mol. The molecule has 1 atom stereocenters. The largest absolute Gasteiger partial charge is 0.350 e. The summed E-state index contributed by atoms with van der Waals surface area (Å²) in [4.78, 5) is 23.6. The lowest BCUT2D eigenvalue weighted by Crippen LogP contribution is -2.47. The molecule has 7 nitrogen and oxygen atoms in total. The van der Waals surface area contributed by atoms with E-state index < -0.39 is 6.04 Å². The molecular formula is C18H26ClN5O2.